The predicted molar refractivity (Wildman–Crippen MR) is 131 cm³/mol. The molecule has 0 radical (unpaired) electrons. The average molecular weight is 486 g/mol. The van der Waals surface area contributed by atoms with E-state index in [-0.39, 0.29) is 11.8 Å². The number of aliphatic carboxylic acids is 1. The Morgan fingerprint density at radius 3 is 2.57 bits per heavy atom. The molecule has 10 heteroatoms. The summed E-state index contributed by atoms with van der Waals surface area (Å²) in [6.45, 7) is 5.63. The summed E-state index contributed by atoms with van der Waals surface area (Å²) in [5.41, 5.74) is 8.09. The number of hydrogen-bond acceptors (Lipinski definition) is 5. The number of aromatic nitrogens is 1. The SMILES string of the molecule is CC(C)CC(NC(=O)C(N)Cc1c[nH]c2ccccc12)C(=O)N1CCCC1C(=O)NC(C)C(=O)O. The van der Waals surface area contributed by atoms with Gasteiger partial charge in [0.25, 0.3) is 0 Å². The number of nitrogens with two attached hydrogens (primary N) is 1. The molecular formula is C25H35N5O5. The van der Waals surface area contributed by atoms with Crippen molar-refractivity contribution in [1.82, 2.24) is 20.5 Å². The van der Waals surface area contributed by atoms with E-state index in [9.17, 15) is 19.2 Å². The first-order valence-corrected chi connectivity index (χ1v) is 12.0. The molecule has 1 saturated heterocycles. The molecule has 4 unspecified atom stereocenters. The molecule has 10 nitrogen and oxygen atoms in total. The predicted octanol–water partition coefficient (Wildman–Crippen LogP) is 1.15. The molecule has 2 heterocycles. The third-order valence-corrected chi connectivity index (χ3v) is 6.34. The highest BCUT2D eigenvalue weighted by Crippen LogP contribution is 2.22. The van der Waals surface area contributed by atoms with Crippen molar-refractivity contribution in [2.75, 3.05) is 6.54 Å². The molecule has 3 rings (SSSR count). The smallest absolute Gasteiger partial charge is 0.325 e. The first-order valence-electron chi connectivity index (χ1n) is 12.0. The van der Waals surface area contributed by atoms with E-state index in [0.717, 1.165) is 16.5 Å². The second-order valence-corrected chi connectivity index (χ2v) is 9.62. The molecule has 2 aromatic rings. The summed E-state index contributed by atoms with van der Waals surface area (Å²) >= 11 is 0. The van der Waals surface area contributed by atoms with Crippen LogP contribution < -0.4 is 16.4 Å². The zero-order valence-corrected chi connectivity index (χ0v) is 20.4. The van der Waals surface area contributed by atoms with Crippen molar-refractivity contribution in [2.24, 2.45) is 11.7 Å². The molecule has 0 saturated carbocycles. The largest absolute Gasteiger partial charge is 0.480 e. The number of carbonyl (C=O) groups excluding carboxylic acids is 3. The van der Waals surface area contributed by atoms with Gasteiger partial charge in [-0.3, -0.25) is 19.2 Å². The highest BCUT2D eigenvalue weighted by atomic mass is 16.4. The Hall–Kier alpha value is -3.40. The number of rotatable bonds is 10. The van der Waals surface area contributed by atoms with Gasteiger partial charge in [-0.05, 0) is 50.2 Å². The average Bonchev–Trinajstić information content (AvgIpc) is 3.45. The number of para-hydroxylation sites is 1. The Morgan fingerprint density at radius 1 is 1.17 bits per heavy atom. The van der Waals surface area contributed by atoms with Gasteiger partial charge in [0.05, 0.1) is 6.04 Å². The van der Waals surface area contributed by atoms with Gasteiger partial charge in [-0.15, -0.1) is 0 Å². The first-order chi connectivity index (χ1) is 16.6. The first kappa shape index (κ1) is 26.2. The maximum absolute atomic E-state index is 13.4. The molecule has 3 amide bonds. The van der Waals surface area contributed by atoms with Crippen molar-refractivity contribution in [3.05, 3.63) is 36.0 Å². The molecule has 1 fully saturated rings. The van der Waals surface area contributed by atoms with Gasteiger partial charge in [-0.2, -0.15) is 0 Å². The minimum Gasteiger partial charge on any atom is -0.480 e. The number of fused-ring (bicyclic) bond motifs is 1. The van der Waals surface area contributed by atoms with Crippen LogP contribution in [0.25, 0.3) is 10.9 Å². The second-order valence-electron chi connectivity index (χ2n) is 9.62. The molecule has 6 N–H and O–H groups in total. The summed E-state index contributed by atoms with van der Waals surface area (Å²) in [4.78, 5) is 54.8. The number of likely N-dealkylation sites (tertiary alicyclic amines) is 1. The van der Waals surface area contributed by atoms with Gasteiger partial charge in [-0.1, -0.05) is 32.0 Å². The van der Waals surface area contributed by atoms with Crippen LogP contribution in [-0.2, 0) is 25.6 Å². The van der Waals surface area contributed by atoms with E-state index in [4.69, 9.17) is 10.8 Å². The van der Waals surface area contributed by atoms with Crippen molar-refractivity contribution in [3.63, 3.8) is 0 Å². The number of aromatic amines is 1. The maximum atomic E-state index is 13.4. The molecule has 1 aromatic carbocycles. The van der Waals surface area contributed by atoms with E-state index >= 15 is 0 Å². The normalized spacial score (nSPS) is 18.3. The Morgan fingerprint density at radius 2 is 1.89 bits per heavy atom. The highest BCUT2D eigenvalue weighted by Gasteiger charge is 2.38. The highest BCUT2D eigenvalue weighted by molar-refractivity contribution is 5.94. The van der Waals surface area contributed by atoms with Crippen LogP contribution in [0.1, 0.15) is 45.6 Å². The van der Waals surface area contributed by atoms with Gasteiger partial charge in [0.15, 0.2) is 0 Å². The lowest BCUT2D eigenvalue weighted by atomic mass is 10.0. The molecular weight excluding hydrogens is 450 g/mol. The van der Waals surface area contributed by atoms with Gasteiger partial charge in [-0.25, -0.2) is 0 Å². The number of H-pyrrole nitrogens is 1. The van der Waals surface area contributed by atoms with Crippen molar-refractivity contribution < 1.29 is 24.3 Å². The number of carbonyl (C=O) groups is 4. The zero-order valence-electron chi connectivity index (χ0n) is 20.4. The standard InChI is InChI=1S/C25H35N5O5/c1-14(2)11-20(24(33)30-10-6-9-21(30)23(32)28-15(3)25(34)35)29-22(31)18(26)12-16-13-27-19-8-5-4-7-17(16)19/h4-5,7-8,13-15,18,20-21,27H,6,9-12,26H2,1-3H3,(H,28,32)(H,29,31)(H,34,35). The van der Waals surface area contributed by atoms with Gasteiger partial charge >= 0.3 is 5.97 Å². The van der Waals surface area contributed by atoms with Crippen LogP contribution in [0.5, 0.6) is 0 Å². The lowest BCUT2D eigenvalue weighted by Crippen LogP contribution is -2.57. The maximum Gasteiger partial charge on any atom is 0.325 e. The fraction of sp³-hybridized carbons (Fsp3) is 0.520. The summed E-state index contributed by atoms with van der Waals surface area (Å²) in [5.74, 6) is -2.34. The number of nitrogens with zero attached hydrogens (tertiary/aromatic N) is 1. The van der Waals surface area contributed by atoms with Crippen molar-refractivity contribution in [3.8, 4) is 0 Å². The quantitative estimate of drug-likeness (QED) is 0.340. The second kappa shape index (κ2) is 11.4. The van der Waals surface area contributed by atoms with E-state index in [0.29, 0.717) is 32.2 Å². The molecule has 1 aliphatic rings. The van der Waals surface area contributed by atoms with Crippen LogP contribution in [0.3, 0.4) is 0 Å². The summed E-state index contributed by atoms with van der Waals surface area (Å²) in [7, 11) is 0. The number of hydrogen-bond donors (Lipinski definition) is 5. The van der Waals surface area contributed by atoms with Crippen LogP contribution in [0.4, 0.5) is 0 Å². The summed E-state index contributed by atoms with van der Waals surface area (Å²) in [5, 5.41) is 15.3. The van der Waals surface area contributed by atoms with Crippen LogP contribution in [0.2, 0.25) is 0 Å². The molecule has 0 aliphatic carbocycles. The molecule has 0 bridgehead atoms. The number of benzene rings is 1. The van der Waals surface area contributed by atoms with Gasteiger partial charge in [0.2, 0.25) is 17.7 Å². The lowest BCUT2D eigenvalue weighted by molar-refractivity contribution is -0.144. The number of carboxylic acids is 1. The number of carboxylic acid groups (broad SMARTS) is 1. The van der Waals surface area contributed by atoms with Crippen molar-refractivity contribution in [1.29, 1.82) is 0 Å². The lowest BCUT2D eigenvalue weighted by Gasteiger charge is -2.30. The molecule has 35 heavy (non-hydrogen) atoms. The topological polar surface area (TPSA) is 158 Å². The van der Waals surface area contributed by atoms with Crippen molar-refractivity contribution in [2.45, 2.75) is 70.6 Å². The van der Waals surface area contributed by atoms with Gasteiger partial charge < -0.3 is 31.4 Å². The summed E-state index contributed by atoms with van der Waals surface area (Å²) in [6.07, 6.45) is 3.58. The van der Waals surface area contributed by atoms with Crippen LogP contribution in [0.15, 0.2) is 30.5 Å². The van der Waals surface area contributed by atoms with Crippen LogP contribution in [0, 0.1) is 5.92 Å². The molecule has 190 valence electrons. The Kier molecular flexibility index (Phi) is 8.50. The molecule has 0 spiro atoms. The Labute approximate surface area is 204 Å². The van der Waals surface area contributed by atoms with Gasteiger partial charge in [0, 0.05) is 23.6 Å². The molecule has 1 aliphatic heterocycles. The summed E-state index contributed by atoms with van der Waals surface area (Å²) in [6, 6.07) is 4.23. The zero-order chi connectivity index (χ0) is 25.7. The minimum atomic E-state index is -1.15. The minimum absolute atomic E-state index is 0.107. The Bertz CT molecular complexity index is 1080. The molecule has 1 aromatic heterocycles. The van der Waals surface area contributed by atoms with E-state index in [1.165, 1.54) is 11.8 Å². The fourth-order valence-electron chi connectivity index (χ4n) is 4.48. The van der Waals surface area contributed by atoms with Crippen LogP contribution in [-0.4, -0.2) is 69.4 Å². The Balaban J connectivity index is 1.69. The summed E-state index contributed by atoms with van der Waals surface area (Å²) < 4.78 is 0. The van der Waals surface area contributed by atoms with E-state index in [1.54, 1.807) is 0 Å². The third kappa shape index (κ3) is 6.39. The molecule has 4 atom stereocenters. The van der Waals surface area contributed by atoms with Crippen LogP contribution >= 0.6 is 0 Å². The fourth-order valence-corrected chi connectivity index (χ4v) is 4.48. The van der Waals surface area contributed by atoms with Gasteiger partial charge in [0.1, 0.15) is 18.1 Å². The van der Waals surface area contributed by atoms with E-state index in [2.05, 4.69) is 15.6 Å². The monoisotopic (exact) mass is 485 g/mol. The van der Waals surface area contributed by atoms with E-state index in [1.807, 2.05) is 44.3 Å². The number of amides is 3. The third-order valence-electron chi connectivity index (χ3n) is 6.34. The number of nitrogens with one attached hydrogen (secondary N) is 3. The van der Waals surface area contributed by atoms with Crippen molar-refractivity contribution >= 4 is 34.6 Å². The van der Waals surface area contributed by atoms with E-state index < -0.39 is 42.0 Å².